The summed E-state index contributed by atoms with van der Waals surface area (Å²) in [5.41, 5.74) is 8.71. The highest BCUT2D eigenvalue weighted by atomic mass is 79.9. The Morgan fingerprint density at radius 2 is 2.16 bits per heavy atom. The van der Waals surface area contributed by atoms with Crippen molar-refractivity contribution < 1.29 is 0 Å². The minimum absolute atomic E-state index is 0.351. The number of nitrogens with zero attached hydrogens (tertiary/aromatic N) is 1. The lowest BCUT2D eigenvalue weighted by Gasteiger charge is -2.43. The topological polar surface area (TPSA) is 29.3 Å². The van der Waals surface area contributed by atoms with Crippen molar-refractivity contribution in [3.8, 4) is 0 Å². The highest BCUT2D eigenvalue weighted by Crippen LogP contribution is 2.32. The Hall–Kier alpha value is -0.380. The average Bonchev–Trinajstić information content (AvgIpc) is 2.39. The van der Waals surface area contributed by atoms with Crippen molar-refractivity contribution in [2.75, 3.05) is 13.1 Å². The summed E-state index contributed by atoms with van der Waals surface area (Å²) in [6.45, 7) is 8.71. The lowest BCUT2D eigenvalue weighted by Crippen LogP contribution is -2.46. The van der Waals surface area contributed by atoms with Crippen molar-refractivity contribution >= 4 is 15.9 Å². The standard InChI is InChI=1S/C16H25BrN2/c1-11-5-4-8-19(13(11)3)16(10-18)14-6-7-15(17)12(2)9-14/h6-7,9,11,13,16H,4-5,8,10,18H2,1-3H3. The first-order chi connectivity index (χ1) is 9.04. The van der Waals surface area contributed by atoms with Crippen molar-refractivity contribution in [2.45, 2.75) is 45.7 Å². The van der Waals surface area contributed by atoms with Crippen LogP contribution in [0.5, 0.6) is 0 Å². The molecule has 0 saturated carbocycles. The molecule has 2 nitrogen and oxygen atoms in total. The van der Waals surface area contributed by atoms with Crippen LogP contribution in [0.3, 0.4) is 0 Å². The first-order valence-electron chi connectivity index (χ1n) is 7.26. The van der Waals surface area contributed by atoms with E-state index >= 15 is 0 Å². The zero-order valence-corrected chi connectivity index (χ0v) is 13.8. The molecule has 1 aromatic carbocycles. The molecule has 1 saturated heterocycles. The van der Waals surface area contributed by atoms with Gasteiger partial charge in [-0.05, 0) is 56.3 Å². The number of likely N-dealkylation sites (tertiary alicyclic amines) is 1. The number of nitrogens with two attached hydrogens (primary N) is 1. The number of benzene rings is 1. The van der Waals surface area contributed by atoms with Crippen LogP contribution in [-0.4, -0.2) is 24.0 Å². The molecule has 3 atom stereocenters. The van der Waals surface area contributed by atoms with Crippen LogP contribution in [0.4, 0.5) is 0 Å². The second-order valence-corrected chi connectivity index (χ2v) is 6.71. The summed E-state index contributed by atoms with van der Waals surface area (Å²) < 4.78 is 1.17. The summed E-state index contributed by atoms with van der Waals surface area (Å²) in [6.07, 6.45) is 2.63. The van der Waals surface area contributed by atoms with Crippen LogP contribution >= 0.6 is 15.9 Å². The van der Waals surface area contributed by atoms with E-state index in [1.54, 1.807) is 0 Å². The summed E-state index contributed by atoms with van der Waals surface area (Å²) in [7, 11) is 0. The molecule has 2 rings (SSSR count). The Morgan fingerprint density at radius 3 is 2.79 bits per heavy atom. The maximum Gasteiger partial charge on any atom is 0.0473 e. The van der Waals surface area contributed by atoms with Crippen LogP contribution in [0.2, 0.25) is 0 Å². The second kappa shape index (κ2) is 6.38. The molecule has 106 valence electrons. The van der Waals surface area contributed by atoms with E-state index in [0.717, 1.165) is 5.92 Å². The van der Waals surface area contributed by atoms with E-state index in [1.807, 2.05) is 0 Å². The van der Waals surface area contributed by atoms with E-state index in [9.17, 15) is 0 Å². The van der Waals surface area contributed by atoms with E-state index in [1.165, 1.54) is 35.0 Å². The third kappa shape index (κ3) is 3.21. The first-order valence-corrected chi connectivity index (χ1v) is 8.05. The van der Waals surface area contributed by atoms with E-state index in [-0.39, 0.29) is 0 Å². The molecular weight excluding hydrogens is 300 g/mol. The fourth-order valence-electron chi connectivity index (χ4n) is 3.15. The van der Waals surface area contributed by atoms with Gasteiger partial charge in [-0.1, -0.05) is 35.0 Å². The molecule has 1 aliphatic rings. The molecule has 0 radical (unpaired) electrons. The third-order valence-electron chi connectivity index (χ3n) is 4.61. The number of aryl methyl sites for hydroxylation is 1. The van der Waals surface area contributed by atoms with Gasteiger partial charge in [-0.25, -0.2) is 0 Å². The number of piperidine rings is 1. The van der Waals surface area contributed by atoms with Crippen molar-refractivity contribution in [1.82, 2.24) is 4.90 Å². The zero-order chi connectivity index (χ0) is 14.0. The molecular formula is C16H25BrN2. The van der Waals surface area contributed by atoms with Gasteiger partial charge in [0.15, 0.2) is 0 Å². The fourth-order valence-corrected chi connectivity index (χ4v) is 3.39. The monoisotopic (exact) mass is 324 g/mol. The number of hydrogen-bond acceptors (Lipinski definition) is 2. The van der Waals surface area contributed by atoms with E-state index in [2.05, 4.69) is 59.8 Å². The predicted octanol–water partition coefficient (Wildman–Crippen LogP) is 3.88. The zero-order valence-electron chi connectivity index (χ0n) is 12.2. The molecule has 1 heterocycles. The SMILES string of the molecule is Cc1cc(C(CN)N2CCCC(C)C2C)ccc1Br. The number of hydrogen-bond donors (Lipinski definition) is 1. The van der Waals surface area contributed by atoms with Gasteiger partial charge in [-0.2, -0.15) is 0 Å². The lowest BCUT2D eigenvalue weighted by molar-refractivity contribution is 0.0709. The summed E-state index contributed by atoms with van der Waals surface area (Å²) in [4.78, 5) is 2.59. The van der Waals surface area contributed by atoms with Crippen LogP contribution < -0.4 is 5.73 Å². The molecule has 1 aromatic rings. The van der Waals surface area contributed by atoms with Gasteiger partial charge >= 0.3 is 0 Å². The quantitative estimate of drug-likeness (QED) is 0.914. The summed E-state index contributed by atoms with van der Waals surface area (Å²) >= 11 is 3.57. The van der Waals surface area contributed by atoms with Crippen molar-refractivity contribution in [3.05, 3.63) is 33.8 Å². The highest BCUT2D eigenvalue weighted by molar-refractivity contribution is 9.10. The minimum Gasteiger partial charge on any atom is -0.329 e. The summed E-state index contributed by atoms with van der Waals surface area (Å²) in [6, 6.07) is 7.59. The average molecular weight is 325 g/mol. The molecule has 0 amide bonds. The maximum absolute atomic E-state index is 6.08. The van der Waals surface area contributed by atoms with Crippen LogP contribution in [-0.2, 0) is 0 Å². The van der Waals surface area contributed by atoms with Crippen LogP contribution in [0.15, 0.2) is 22.7 Å². The lowest BCUT2D eigenvalue weighted by atomic mass is 9.89. The number of rotatable bonds is 3. The van der Waals surface area contributed by atoms with Gasteiger partial charge in [0, 0.05) is 23.1 Å². The van der Waals surface area contributed by atoms with Gasteiger partial charge in [0.2, 0.25) is 0 Å². The van der Waals surface area contributed by atoms with Gasteiger partial charge in [-0.15, -0.1) is 0 Å². The maximum atomic E-state index is 6.08. The molecule has 3 heteroatoms. The van der Waals surface area contributed by atoms with Crippen LogP contribution in [0.1, 0.15) is 43.9 Å². The molecule has 1 fully saturated rings. The van der Waals surface area contributed by atoms with E-state index in [0.29, 0.717) is 18.6 Å². The molecule has 1 aliphatic heterocycles. The second-order valence-electron chi connectivity index (χ2n) is 5.86. The molecule has 0 aliphatic carbocycles. The fraction of sp³-hybridized carbons (Fsp3) is 0.625. The molecule has 0 aromatic heterocycles. The van der Waals surface area contributed by atoms with Gasteiger partial charge in [-0.3, -0.25) is 4.90 Å². The number of halogens is 1. The Bertz CT molecular complexity index is 433. The van der Waals surface area contributed by atoms with Gasteiger partial charge in [0.1, 0.15) is 0 Å². The van der Waals surface area contributed by atoms with Crippen molar-refractivity contribution in [1.29, 1.82) is 0 Å². The summed E-state index contributed by atoms with van der Waals surface area (Å²) in [5.74, 6) is 0.763. The van der Waals surface area contributed by atoms with Gasteiger partial charge in [0.25, 0.3) is 0 Å². The Kier molecular flexibility index (Phi) is 5.04. The Morgan fingerprint density at radius 1 is 1.42 bits per heavy atom. The van der Waals surface area contributed by atoms with E-state index in [4.69, 9.17) is 5.73 Å². The normalized spacial score (nSPS) is 26.4. The molecule has 0 spiro atoms. The Balaban J connectivity index is 2.25. The largest absolute Gasteiger partial charge is 0.329 e. The van der Waals surface area contributed by atoms with Crippen molar-refractivity contribution in [2.24, 2.45) is 11.7 Å². The van der Waals surface area contributed by atoms with Gasteiger partial charge < -0.3 is 5.73 Å². The molecule has 2 N–H and O–H groups in total. The van der Waals surface area contributed by atoms with Gasteiger partial charge in [0.05, 0.1) is 0 Å². The molecule has 0 bridgehead atoms. The first kappa shape index (κ1) is 15.0. The Labute approximate surface area is 125 Å². The minimum atomic E-state index is 0.351. The summed E-state index contributed by atoms with van der Waals surface area (Å²) in [5, 5.41) is 0. The predicted molar refractivity (Wildman–Crippen MR) is 85.2 cm³/mol. The highest BCUT2D eigenvalue weighted by Gasteiger charge is 2.30. The van der Waals surface area contributed by atoms with Crippen LogP contribution in [0.25, 0.3) is 0 Å². The van der Waals surface area contributed by atoms with E-state index < -0.39 is 0 Å². The molecule has 3 unspecified atom stereocenters. The van der Waals surface area contributed by atoms with Crippen LogP contribution in [0, 0.1) is 12.8 Å². The smallest absolute Gasteiger partial charge is 0.0473 e. The molecule has 19 heavy (non-hydrogen) atoms. The third-order valence-corrected chi connectivity index (χ3v) is 5.50. The van der Waals surface area contributed by atoms with Crippen molar-refractivity contribution in [3.63, 3.8) is 0 Å².